The smallest absolute Gasteiger partial charge is 0.253 e. The van der Waals surface area contributed by atoms with Crippen molar-refractivity contribution in [1.29, 1.82) is 0 Å². The van der Waals surface area contributed by atoms with Gasteiger partial charge in [-0.25, -0.2) is 8.42 Å². The van der Waals surface area contributed by atoms with Crippen LogP contribution in [0.15, 0.2) is 29.2 Å². The van der Waals surface area contributed by atoms with Gasteiger partial charge < -0.3 is 10.6 Å². The first-order chi connectivity index (χ1) is 10.3. The maximum Gasteiger partial charge on any atom is 0.253 e. The zero-order valence-corrected chi connectivity index (χ0v) is 13.3. The highest BCUT2D eigenvalue weighted by atomic mass is 32.2. The highest BCUT2D eigenvalue weighted by molar-refractivity contribution is 7.90. The van der Waals surface area contributed by atoms with Crippen LogP contribution in [0, 0.1) is 5.92 Å². The van der Waals surface area contributed by atoms with Gasteiger partial charge in [0.15, 0.2) is 9.84 Å². The molecule has 120 valence electrons. The minimum absolute atomic E-state index is 0.113. The van der Waals surface area contributed by atoms with Crippen LogP contribution in [0.2, 0.25) is 0 Å². The van der Waals surface area contributed by atoms with Crippen LogP contribution in [-0.2, 0) is 14.6 Å². The predicted octanol–water partition coefficient (Wildman–Crippen LogP) is 0.818. The molecule has 1 aliphatic heterocycles. The van der Waals surface area contributed by atoms with E-state index in [4.69, 9.17) is 5.73 Å². The standard InChI is InChI=1S/C15H20N2O4S/c1-22(20,21)13-4-2-12(3-5-13)15(19)17-8-6-11(7-9-17)10-14(16)18/h2-5,11H,6-10H2,1H3,(H2,16,18). The third-order valence-corrected chi connectivity index (χ3v) is 5.05. The Kier molecular flexibility index (Phi) is 4.85. The first-order valence-corrected chi connectivity index (χ1v) is 9.04. The Morgan fingerprint density at radius 3 is 2.18 bits per heavy atom. The Morgan fingerprint density at radius 2 is 1.73 bits per heavy atom. The Hall–Kier alpha value is -1.89. The molecule has 0 unspecified atom stereocenters. The van der Waals surface area contributed by atoms with E-state index in [1.807, 2.05) is 0 Å². The Bertz CT molecular complexity index is 659. The molecule has 2 N–H and O–H groups in total. The maximum atomic E-state index is 12.4. The van der Waals surface area contributed by atoms with E-state index in [1.165, 1.54) is 24.3 Å². The summed E-state index contributed by atoms with van der Waals surface area (Å²) in [6.07, 6.45) is 3.02. The molecule has 0 saturated carbocycles. The van der Waals surface area contributed by atoms with Crippen LogP contribution in [0.1, 0.15) is 29.6 Å². The van der Waals surface area contributed by atoms with Crippen LogP contribution < -0.4 is 5.73 Å². The quantitative estimate of drug-likeness (QED) is 0.886. The van der Waals surface area contributed by atoms with Crippen LogP contribution in [-0.4, -0.2) is 44.5 Å². The molecule has 22 heavy (non-hydrogen) atoms. The normalized spacial score (nSPS) is 16.5. The first-order valence-electron chi connectivity index (χ1n) is 7.15. The molecular formula is C15H20N2O4S. The summed E-state index contributed by atoms with van der Waals surface area (Å²) in [7, 11) is -3.26. The Morgan fingerprint density at radius 1 is 1.18 bits per heavy atom. The highest BCUT2D eigenvalue weighted by Crippen LogP contribution is 2.22. The predicted molar refractivity (Wildman–Crippen MR) is 82.0 cm³/mol. The van der Waals surface area contributed by atoms with E-state index in [-0.39, 0.29) is 22.6 Å². The summed E-state index contributed by atoms with van der Waals surface area (Å²) in [5.41, 5.74) is 5.66. The summed E-state index contributed by atoms with van der Waals surface area (Å²) >= 11 is 0. The van der Waals surface area contributed by atoms with E-state index < -0.39 is 9.84 Å². The molecule has 1 aliphatic rings. The molecule has 2 rings (SSSR count). The number of likely N-dealkylation sites (tertiary alicyclic amines) is 1. The minimum atomic E-state index is -3.26. The number of hydrogen-bond acceptors (Lipinski definition) is 4. The second-order valence-electron chi connectivity index (χ2n) is 5.70. The van der Waals surface area contributed by atoms with Crippen molar-refractivity contribution in [3.8, 4) is 0 Å². The van der Waals surface area contributed by atoms with Crippen molar-refractivity contribution in [2.24, 2.45) is 11.7 Å². The van der Waals surface area contributed by atoms with Crippen molar-refractivity contribution >= 4 is 21.7 Å². The monoisotopic (exact) mass is 324 g/mol. The number of sulfone groups is 1. The third kappa shape index (κ3) is 4.07. The molecule has 0 bridgehead atoms. The summed E-state index contributed by atoms with van der Waals surface area (Å²) in [4.78, 5) is 25.2. The number of primary amides is 1. The lowest BCUT2D eigenvalue weighted by molar-refractivity contribution is -0.119. The van der Waals surface area contributed by atoms with Crippen molar-refractivity contribution in [1.82, 2.24) is 4.90 Å². The van der Waals surface area contributed by atoms with Crippen molar-refractivity contribution < 1.29 is 18.0 Å². The molecule has 1 fully saturated rings. The number of rotatable bonds is 4. The van der Waals surface area contributed by atoms with Gasteiger partial charge in [-0.15, -0.1) is 0 Å². The van der Waals surface area contributed by atoms with Gasteiger partial charge in [0.1, 0.15) is 0 Å². The minimum Gasteiger partial charge on any atom is -0.370 e. The molecular weight excluding hydrogens is 304 g/mol. The molecule has 0 spiro atoms. The summed E-state index contributed by atoms with van der Waals surface area (Å²) in [6.45, 7) is 1.18. The summed E-state index contributed by atoms with van der Waals surface area (Å²) in [6, 6.07) is 5.97. The first kappa shape index (κ1) is 16.5. The van der Waals surface area contributed by atoms with E-state index in [0.717, 1.165) is 19.1 Å². The average Bonchev–Trinajstić information content (AvgIpc) is 2.46. The zero-order chi connectivity index (χ0) is 16.3. The maximum absolute atomic E-state index is 12.4. The number of benzene rings is 1. The molecule has 0 aliphatic carbocycles. The fourth-order valence-corrected chi connectivity index (χ4v) is 3.28. The van der Waals surface area contributed by atoms with Gasteiger partial charge >= 0.3 is 0 Å². The van der Waals surface area contributed by atoms with Gasteiger partial charge in [0.2, 0.25) is 5.91 Å². The van der Waals surface area contributed by atoms with Gasteiger partial charge in [-0.2, -0.15) is 0 Å². The molecule has 6 nitrogen and oxygen atoms in total. The summed E-state index contributed by atoms with van der Waals surface area (Å²) in [5, 5.41) is 0. The largest absolute Gasteiger partial charge is 0.370 e. The van der Waals surface area contributed by atoms with E-state index in [1.54, 1.807) is 4.90 Å². The fraction of sp³-hybridized carbons (Fsp3) is 0.467. The Balaban J connectivity index is 2.00. The van der Waals surface area contributed by atoms with Gasteiger partial charge in [0, 0.05) is 31.3 Å². The number of hydrogen-bond donors (Lipinski definition) is 1. The van der Waals surface area contributed by atoms with E-state index in [9.17, 15) is 18.0 Å². The topological polar surface area (TPSA) is 97.5 Å². The highest BCUT2D eigenvalue weighted by Gasteiger charge is 2.24. The number of carbonyl (C=O) groups excluding carboxylic acids is 2. The van der Waals surface area contributed by atoms with Crippen LogP contribution in [0.25, 0.3) is 0 Å². The number of piperidine rings is 1. The van der Waals surface area contributed by atoms with Crippen LogP contribution in [0.4, 0.5) is 0 Å². The van der Waals surface area contributed by atoms with E-state index >= 15 is 0 Å². The van der Waals surface area contributed by atoms with Crippen LogP contribution in [0.3, 0.4) is 0 Å². The van der Waals surface area contributed by atoms with E-state index in [0.29, 0.717) is 25.1 Å². The molecule has 1 aromatic carbocycles. The zero-order valence-electron chi connectivity index (χ0n) is 12.5. The van der Waals surface area contributed by atoms with E-state index in [2.05, 4.69) is 0 Å². The molecule has 0 radical (unpaired) electrons. The van der Waals surface area contributed by atoms with Crippen molar-refractivity contribution in [2.75, 3.05) is 19.3 Å². The number of nitrogens with zero attached hydrogens (tertiary/aromatic N) is 1. The summed E-state index contributed by atoms with van der Waals surface area (Å²) < 4.78 is 22.8. The van der Waals surface area contributed by atoms with Gasteiger partial charge in [-0.1, -0.05) is 0 Å². The molecule has 1 aromatic rings. The second-order valence-corrected chi connectivity index (χ2v) is 7.72. The van der Waals surface area contributed by atoms with Crippen LogP contribution in [0.5, 0.6) is 0 Å². The van der Waals surface area contributed by atoms with Gasteiger partial charge in [-0.05, 0) is 43.0 Å². The lowest BCUT2D eigenvalue weighted by atomic mass is 9.93. The van der Waals surface area contributed by atoms with Crippen molar-refractivity contribution in [2.45, 2.75) is 24.2 Å². The summed E-state index contributed by atoms with van der Waals surface area (Å²) in [5.74, 6) is -0.173. The average molecular weight is 324 g/mol. The fourth-order valence-electron chi connectivity index (χ4n) is 2.65. The number of carbonyl (C=O) groups is 2. The van der Waals surface area contributed by atoms with Crippen molar-refractivity contribution in [3.63, 3.8) is 0 Å². The second kappa shape index (κ2) is 6.48. The molecule has 0 aromatic heterocycles. The Labute approximate surface area is 130 Å². The van der Waals surface area contributed by atoms with Crippen LogP contribution >= 0.6 is 0 Å². The third-order valence-electron chi connectivity index (χ3n) is 3.92. The molecule has 2 amide bonds. The molecule has 1 heterocycles. The number of amides is 2. The van der Waals surface area contributed by atoms with Gasteiger partial charge in [-0.3, -0.25) is 9.59 Å². The van der Waals surface area contributed by atoms with Crippen molar-refractivity contribution in [3.05, 3.63) is 29.8 Å². The SMILES string of the molecule is CS(=O)(=O)c1ccc(C(=O)N2CCC(CC(N)=O)CC2)cc1. The lowest BCUT2D eigenvalue weighted by Crippen LogP contribution is -2.39. The van der Waals surface area contributed by atoms with Gasteiger partial charge in [0.25, 0.3) is 5.91 Å². The van der Waals surface area contributed by atoms with Gasteiger partial charge in [0.05, 0.1) is 4.90 Å². The molecule has 7 heteroatoms. The molecule has 1 saturated heterocycles. The molecule has 0 atom stereocenters. The lowest BCUT2D eigenvalue weighted by Gasteiger charge is -2.31. The number of nitrogens with two attached hydrogens (primary N) is 1.